The average Bonchev–Trinajstić information content (AvgIpc) is 3.34. The standard InChI is InChI=1S/C26H19F3N2O5/c1-14-12-17-13-16(2-7-20(17)35-14)23(32)21-22(15-8-10-30-11-9-15)31(25(34)24(21)33)18-3-5-19(6-4-18)36-26(27,28)29/h2-11,13-14,22,32H,12H2,1H3/b23-21-. The maximum absolute atomic E-state index is 13.2. The normalized spacial score (nSPS) is 20.8. The molecule has 2 aliphatic heterocycles. The van der Waals surface area contributed by atoms with Crippen LogP contribution < -0.4 is 14.4 Å². The summed E-state index contributed by atoms with van der Waals surface area (Å²) in [6.07, 6.45) is -1.32. The monoisotopic (exact) mass is 496 g/mol. The fourth-order valence-electron chi connectivity index (χ4n) is 4.49. The van der Waals surface area contributed by atoms with Gasteiger partial charge in [-0.1, -0.05) is 0 Å². The predicted molar refractivity (Wildman–Crippen MR) is 122 cm³/mol. The van der Waals surface area contributed by atoms with Crippen molar-refractivity contribution >= 4 is 23.1 Å². The minimum absolute atomic E-state index is 0.0240. The van der Waals surface area contributed by atoms with E-state index in [1.165, 1.54) is 24.5 Å². The summed E-state index contributed by atoms with van der Waals surface area (Å²) >= 11 is 0. The van der Waals surface area contributed by atoms with E-state index in [0.29, 0.717) is 23.3 Å². The first kappa shape index (κ1) is 23.4. The number of ketones is 1. The highest BCUT2D eigenvalue weighted by Gasteiger charge is 2.47. The van der Waals surface area contributed by atoms with Gasteiger partial charge in [-0.2, -0.15) is 0 Å². The molecule has 1 aromatic heterocycles. The molecule has 10 heteroatoms. The summed E-state index contributed by atoms with van der Waals surface area (Å²) in [5.41, 5.74) is 1.70. The first-order valence-corrected chi connectivity index (χ1v) is 11.0. The number of Topliss-reactive ketones (excluding diaryl/α,β-unsaturated/α-hetero) is 1. The molecule has 0 spiro atoms. The van der Waals surface area contributed by atoms with Crippen LogP contribution in [0.2, 0.25) is 0 Å². The molecule has 0 aliphatic carbocycles. The number of carbonyl (C=O) groups excluding carboxylic acids is 2. The highest BCUT2D eigenvalue weighted by molar-refractivity contribution is 6.51. The van der Waals surface area contributed by atoms with Crippen molar-refractivity contribution in [1.82, 2.24) is 4.98 Å². The summed E-state index contributed by atoms with van der Waals surface area (Å²) in [7, 11) is 0. The number of ether oxygens (including phenoxy) is 2. The predicted octanol–water partition coefficient (Wildman–Crippen LogP) is 4.93. The number of benzene rings is 2. The Hall–Kier alpha value is -4.34. The number of aromatic nitrogens is 1. The number of nitrogens with zero attached hydrogens (tertiary/aromatic N) is 2. The van der Waals surface area contributed by atoms with Crippen LogP contribution in [0.15, 0.2) is 72.6 Å². The molecule has 1 N–H and O–H groups in total. The molecule has 1 saturated heterocycles. The first-order chi connectivity index (χ1) is 17.1. The minimum atomic E-state index is -4.87. The van der Waals surface area contributed by atoms with Crippen LogP contribution in [0.25, 0.3) is 5.76 Å². The van der Waals surface area contributed by atoms with Gasteiger partial charge in [-0.3, -0.25) is 19.5 Å². The second-order valence-corrected chi connectivity index (χ2v) is 8.45. The van der Waals surface area contributed by atoms with Gasteiger partial charge in [0.05, 0.1) is 11.6 Å². The van der Waals surface area contributed by atoms with Crippen LogP contribution in [0.5, 0.6) is 11.5 Å². The molecule has 3 aromatic rings. The number of amides is 1. The lowest BCUT2D eigenvalue weighted by Crippen LogP contribution is -2.29. The lowest BCUT2D eigenvalue weighted by atomic mass is 9.95. The summed E-state index contributed by atoms with van der Waals surface area (Å²) < 4.78 is 47.3. The summed E-state index contributed by atoms with van der Waals surface area (Å²) in [4.78, 5) is 31.5. The van der Waals surface area contributed by atoms with Gasteiger partial charge < -0.3 is 14.6 Å². The number of rotatable bonds is 4. The molecule has 2 atom stereocenters. The van der Waals surface area contributed by atoms with Crippen molar-refractivity contribution in [2.24, 2.45) is 0 Å². The number of hydrogen-bond acceptors (Lipinski definition) is 6. The van der Waals surface area contributed by atoms with Gasteiger partial charge in [0.15, 0.2) is 0 Å². The highest BCUT2D eigenvalue weighted by Crippen LogP contribution is 2.43. The van der Waals surface area contributed by atoms with Gasteiger partial charge in [0.25, 0.3) is 11.7 Å². The Labute approximate surface area is 203 Å². The average molecular weight is 496 g/mol. The number of carbonyl (C=O) groups is 2. The topological polar surface area (TPSA) is 89.0 Å². The molecular formula is C26H19F3N2O5. The fourth-order valence-corrected chi connectivity index (χ4v) is 4.49. The van der Waals surface area contributed by atoms with E-state index < -0.39 is 29.8 Å². The van der Waals surface area contributed by atoms with E-state index >= 15 is 0 Å². The number of pyridine rings is 1. The quantitative estimate of drug-likeness (QED) is 0.313. The number of alkyl halides is 3. The van der Waals surface area contributed by atoms with E-state index in [1.54, 1.807) is 30.3 Å². The molecule has 3 heterocycles. The van der Waals surface area contributed by atoms with Crippen LogP contribution in [0.3, 0.4) is 0 Å². The molecule has 5 rings (SSSR count). The maximum Gasteiger partial charge on any atom is 0.573 e. The third kappa shape index (κ3) is 4.26. The van der Waals surface area contributed by atoms with Crippen molar-refractivity contribution < 1.29 is 37.3 Å². The molecule has 184 valence electrons. The summed E-state index contributed by atoms with van der Waals surface area (Å²) in [5.74, 6) is -2.00. The summed E-state index contributed by atoms with van der Waals surface area (Å²) in [6.45, 7) is 1.92. The van der Waals surface area contributed by atoms with Gasteiger partial charge in [-0.25, -0.2) is 0 Å². The molecule has 2 unspecified atom stereocenters. The van der Waals surface area contributed by atoms with Gasteiger partial charge in [-0.15, -0.1) is 13.2 Å². The molecule has 36 heavy (non-hydrogen) atoms. The number of hydrogen-bond donors (Lipinski definition) is 1. The van der Waals surface area contributed by atoms with Crippen LogP contribution >= 0.6 is 0 Å². The smallest absolute Gasteiger partial charge is 0.507 e. The lowest BCUT2D eigenvalue weighted by Gasteiger charge is -2.25. The third-order valence-electron chi connectivity index (χ3n) is 5.98. The van der Waals surface area contributed by atoms with Crippen LogP contribution in [-0.2, 0) is 16.0 Å². The number of aliphatic hydroxyl groups is 1. The van der Waals surface area contributed by atoms with Gasteiger partial charge >= 0.3 is 6.36 Å². The Kier molecular flexibility index (Phi) is 5.66. The van der Waals surface area contributed by atoms with Gasteiger partial charge in [0, 0.05) is 30.1 Å². The number of halogens is 3. The molecule has 1 amide bonds. The Balaban J connectivity index is 1.60. The van der Waals surface area contributed by atoms with E-state index in [9.17, 15) is 27.9 Å². The Morgan fingerprint density at radius 2 is 1.78 bits per heavy atom. The fraction of sp³-hybridized carbons (Fsp3) is 0.192. The number of fused-ring (bicyclic) bond motifs is 1. The van der Waals surface area contributed by atoms with Crippen molar-refractivity contribution in [3.63, 3.8) is 0 Å². The Morgan fingerprint density at radius 1 is 1.08 bits per heavy atom. The van der Waals surface area contributed by atoms with Gasteiger partial charge in [0.1, 0.15) is 23.4 Å². The number of anilines is 1. The Morgan fingerprint density at radius 3 is 2.44 bits per heavy atom. The SMILES string of the molecule is CC1Cc2cc(/C(O)=C3/C(=O)C(=O)N(c4ccc(OC(F)(F)F)cc4)C3c3ccncc3)ccc2O1. The summed E-state index contributed by atoms with van der Waals surface area (Å²) in [6, 6.07) is 11.8. The molecular weight excluding hydrogens is 477 g/mol. The van der Waals surface area contributed by atoms with Crippen molar-refractivity contribution in [1.29, 1.82) is 0 Å². The zero-order chi connectivity index (χ0) is 25.6. The van der Waals surface area contributed by atoms with Gasteiger partial charge in [0.2, 0.25) is 0 Å². The van der Waals surface area contributed by atoms with Crippen LogP contribution in [0.4, 0.5) is 18.9 Å². The van der Waals surface area contributed by atoms with Gasteiger partial charge in [-0.05, 0) is 72.6 Å². The Bertz CT molecular complexity index is 1370. The van der Waals surface area contributed by atoms with E-state index in [0.717, 1.165) is 22.6 Å². The van der Waals surface area contributed by atoms with Crippen molar-refractivity contribution in [2.75, 3.05) is 4.90 Å². The van der Waals surface area contributed by atoms with Crippen molar-refractivity contribution in [2.45, 2.75) is 31.9 Å². The molecule has 1 fully saturated rings. The third-order valence-corrected chi connectivity index (χ3v) is 5.98. The molecule has 0 saturated carbocycles. The number of aliphatic hydroxyl groups excluding tert-OH is 1. The van der Waals surface area contributed by atoms with E-state index in [4.69, 9.17) is 4.74 Å². The lowest BCUT2D eigenvalue weighted by molar-refractivity contribution is -0.274. The largest absolute Gasteiger partial charge is 0.573 e. The zero-order valence-electron chi connectivity index (χ0n) is 18.8. The molecule has 2 aliphatic rings. The first-order valence-electron chi connectivity index (χ1n) is 11.0. The second kappa shape index (κ2) is 8.71. The van der Waals surface area contributed by atoms with Crippen LogP contribution in [0, 0.1) is 0 Å². The molecule has 2 aromatic carbocycles. The summed E-state index contributed by atoms with van der Waals surface area (Å²) in [5, 5.41) is 11.3. The second-order valence-electron chi connectivity index (χ2n) is 8.45. The highest BCUT2D eigenvalue weighted by atomic mass is 19.4. The molecule has 7 nitrogen and oxygen atoms in total. The molecule has 0 bridgehead atoms. The van der Waals surface area contributed by atoms with E-state index in [-0.39, 0.29) is 23.1 Å². The van der Waals surface area contributed by atoms with E-state index in [2.05, 4.69) is 9.72 Å². The van der Waals surface area contributed by atoms with Crippen molar-refractivity contribution in [3.8, 4) is 11.5 Å². The molecule has 0 radical (unpaired) electrons. The minimum Gasteiger partial charge on any atom is -0.507 e. The van der Waals surface area contributed by atoms with E-state index in [1.807, 2.05) is 6.92 Å². The van der Waals surface area contributed by atoms with Crippen LogP contribution in [0.1, 0.15) is 29.7 Å². The van der Waals surface area contributed by atoms with Crippen molar-refractivity contribution in [3.05, 3.63) is 89.3 Å². The van der Waals surface area contributed by atoms with Crippen LogP contribution in [-0.4, -0.2) is 34.2 Å². The maximum atomic E-state index is 13.2. The zero-order valence-corrected chi connectivity index (χ0v) is 18.8.